The molecule has 0 saturated carbocycles. The molecule has 1 saturated heterocycles. The molecule has 1 aliphatic rings. The van der Waals surface area contributed by atoms with Gasteiger partial charge in [0.05, 0.1) is 0 Å². The van der Waals surface area contributed by atoms with Crippen molar-refractivity contribution in [3.05, 3.63) is 11.8 Å². The lowest BCUT2D eigenvalue weighted by Gasteiger charge is -2.14. The topological polar surface area (TPSA) is 89.2 Å². The highest BCUT2D eigenvalue weighted by atomic mass is 32.2. The first-order valence-electron chi connectivity index (χ1n) is 5.54. The molecule has 0 spiro atoms. The zero-order valence-corrected chi connectivity index (χ0v) is 11.0. The van der Waals surface area contributed by atoms with Gasteiger partial charge in [-0.1, -0.05) is 11.8 Å². The lowest BCUT2D eigenvalue weighted by molar-refractivity contribution is -0.117. The summed E-state index contributed by atoms with van der Waals surface area (Å²) in [6.45, 7) is 3.74. The van der Waals surface area contributed by atoms with Gasteiger partial charge in [0.1, 0.15) is 5.82 Å². The number of aryl methyl sites for hydroxylation is 1. The summed E-state index contributed by atoms with van der Waals surface area (Å²) in [6.07, 6.45) is 0.335. The zero-order chi connectivity index (χ0) is 13.3. The van der Waals surface area contributed by atoms with E-state index in [0.29, 0.717) is 30.4 Å². The first-order chi connectivity index (χ1) is 8.45. The summed E-state index contributed by atoms with van der Waals surface area (Å²) in [6, 6.07) is 1.64. The van der Waals surface area contributed by atoms with Crippen molar-refractivity contribution in [3.63, 3.8) is 0 Å². The van der Waals surface area contributed by atoms with E-state index in [4.69, 9.17) is 5.73 Å². The van der Waals surface area contributed by atoms with Crippen LogP contribution in [0.15, 0.2) is 6.07 Å². The van der Waals surface area contributed by atoms with Gasteiger partial charge in [0.15, 0.2) is 5.12 Å². The second kappa shape index (κ2) is 4.93. The predicted octanol–water partition coefficient (Wildman–Crippen LogP) is 0.752. The van der Waals surface area contributed by atoms with Crippen molar-refractivity contribution in [2.75, 3.05) is 17.2 Å². The minimum atomic E-state index is -0.0706. The number of anilines is 2. The summed E-state index contributed by atoms with van der Waals surface area (Å²) in [4.78, 5) is 32.7. The lowest BCUT2D eigenvalue weighted by Crippen LogP contribution is -2.27. The van der Waals surface area contributed by atoms with E-state index in [0.717, 1.165) is 0 Å². The van der Waals surface area contributed by atoms with Gasteiger partial charge in [0, 0.05) is 36.9 Å². The number of aromatic nitrogens is 2. The van der Waals surface area contributed by atoms with Crippen LogP contribution in [0.1, 0.15) is 19.0 Å². The van der Waals surface area contributed by atoms with Crippen LogP contribution < -0.4 is 10.6 Å². The van der Waals surface area contributed by atoms with Crippen LogP contribution in [0.5, 0.6) is 0 Å². The smallest absolute Gasteiger partial charge is 0.234 e. The molecule has 1 amide bonds. The molecule has 1 aromatic heterocycles. The van der Waals surface area contributed by atoms with Crippen molar-refractivity contribution in [2.24, 2.45) is 0 Å². The highest BCUT2D eigenvalue weighted by molar-refractivity contribution is 8.14. The minimum absolute atomic E-state index is 0.0133. The molecular formula is C11H14N4O2S. The van der Waals surface area contributed by atoms with Crippen LogP contribution in [-0.4, -0.2) is 32.8 Å². The third-order valence-corrected chi connectivity index (χ3v) is 3.51. The molecule has 2 heterocycles. The maximum Gasteiger partial charge on any atom is 0.234 e. The number of nitrogens with two attached hydrogens (primary N) is 1. The number of hydrogen-bond acceptors (Lipinski definition) is 6. The average molecular weight is 266 g/mol. The van der Waals surface area contributed by atoms with Crippen LogP contribution in [0.25, 0.3) is 0 Å². The highest BCUT2D eigenvalue weighted by Gasteiger charge is 2.33. The van der Waals surface area contributed by atoms with Gasteiger partial charge in [-0.15, -0.1) is 0 Å². The van der Waals surface area contributed by atoms with E-state index in [1.54, 1.807) is 13.0 Å². The maximum absolute atomic E-state index is 11.9. The van der Waals surface area contributed by atoms with E-state index in [9.17, 15) is 9.59 Å². The van der Waals surface area contributed by atoms with Crippen molar-refractivity contribution in [1.82, 2.24) is 9.97 Å². The number of hydrogen-bond donors (Lipinski definition) is 1. The number of carbonyl (C=O) groups is 2. The zero-order valence-electron chi connectivity index (χ0n) is 10.2. The molecule has 7 heteroatoms. The molecule has 0 radical (unpaired) electrons. The Balaban J connectivity index is 2.18. The van der Waals surface area contributed by atoms with Gasteiger partial charge in [-0.25, -0.2) is 4.98 Å². The molecule has 0 bridgehead atoms. The summed E-state index contributed by atoms with van der Waals surface area (Å²) >= 11 is 1.18. The van der Waals surface area contributed by atoms with Crippen molar-refractivity contribution in [2.45, 2.75) is 25.5 Å². The van der Waals surface area contributed by atoms with Crippen LogP contribution in [0, 0.1) is 6.92 Å². The number of carbonyl (C=O) groups excluding carboxylic acids is 2. The summed E-state index contributed by atoms with van der Waals surface area (Å²) in [5, 5.41) is -0.0142. The third kappa shape index (κ3) is 2.79. The largest absolute Gasteiger partial charge is 0.384 e. The van der Waals surface area contributed by atoms with Gasteiger partial charge < -0.3 is 5.73 Å². The molecule has 0 aliphatic carbocycles. The third-order valence-electron chi connectivity index (χ3n) is 2.53. The quantitative estimate of drug-likeness (QED) is 0.849. The Kier molecular flexibility index (Phi) is 3.51. The van der Waals surface area contributed by atoms with E-state index >= 15 is 0 Å². The SMILES string of the molecule is CC(=O)SC1CC(=O)N(c2nc(C)cc(N)n2)C1. The summed E-state index contributed by atoms with van der Waals surface area (Å²) < 4.78 is 0. The van der Waals surface area contributed by atoms with Crippen molar-refractivity contribution in [3.8, 4) is 0 Å². The predicted molar refractivity (Wildman–Crippen MR) is 70.2 cm³/mol. The monoisotopic (exact) mass is 266 g/mol. The molecule has 1 fully saturated rings. The van der Waals surface area contributed by atoms with E-state index in [2.05, 4.69) is 9.97 Å². The number of thioether (sulfide) groups is 1. The van der Waals surface area contributed by atoms with E-state index in [1.807, 2.05) is 0 Å². The van der Waals surface area contributed by atoms with Crippen LogP contribution >= 0.6 is 11.8 Å². The molecule has 2 N–H and O–H groups in total. The summed E-state index contributed by atoms with van der Waals surface area (Å²) in [5.74, 6) is 0.593. The first-order valence-corrected chi connectivity index (χ1v) is 6.42. The normalized spacial score (nSPS) is 19.3. The Labute approximate surface area is 109 Å². The number of rotatable bonds is 2. The summed E-state index contributed by atoms with van der Waals surface area (Å²) in [7, 11) is 0. The van der Waals surface area contributed by atoms with Crippen molar-refractivity contribution < 1.29 is 9.59 Å². The Morgan fingerprint density at radius 2 is 2.28 bits per heavy atom. The fourth-order valence-corrected chi connectivity index (χ4v) is 2.80. The molecule has 1 atom stereocenters. The average Bonchev–Trinajstić information content (AvgIpc) is 2.56. The fraction of sp³-hybridized carbons (Fsp3) is 0.455. The number of nitrogen functional groups attached to an aromatic ring is 1. The molecule has 0 aromatic carbocycles. The minimum Gasteiger partial charge on any atom is -0.384 e. The number of nitrogens with zero attached hydrogens (tertiary/aromatic N) is 3. The van der Waals surface area contributed by atoms with Gasteiger partial charge in [0.2, 0.25) is 11.9 Å². The standard InChI is InChI=1S/C11H14N4O2S/c1-6-3-9(12)14-11(13-6)15-5-8(4-10(15)17)18-7(2)16/h3,8H,4-5H2,1-2H3,(H2,12,13,14). The van der Waals surface area contributed by atoms with Gasteiger partial charge in [-0.3, -0.25) is 14.5 Å². The maximum atomic E-state index is 11.9. The van der Waals surface area contributed by atoms with Gasteiger partial charge >= 0.3 is 0 Å². The second-order valence-electron chi connectivity index (χ2n) is 4.17. The van der Waals surface area contributed by atoms with Crippen LogP contribution in [0.2, 0.25) is 0 Å². The Morgan fingerprint density at radius 1 is 1.56 bits per heavy atom. The van der Waals surface area contributed by atoms with Crippen molar-refractivity contribution in [1.29, 1.82) is 0 Å². The van der Waals surface area contributed by atoms with Crippen LogP contribution in [-0.2, 0) is 9.59 Å². The summed E-state index contributed by atoms with van der Waals surface area (Å²) in [5.41, 5.74) is 6.36. The van der Waals surface area contributed by atoms with Gasteiger partial charge in [-0.05, 0) is 6.92 Å². The van der Waals surface area contributed by atoms with Crippen molar-refractivity contribution >= 4 is 34.6 Å². The molecular weight excluding hydrogens is 252 g/mol. The van der Waals surface area contributed by atoms with E-state index < -0.39 is 0 Å². The Morgan fingerprint density at radius 3 is 2.89 bits per heavy atom. The first kappa shape index (κ1) is 12.8. The van der Waals surface area contributed by atoms with Gasteiger partial charge in [-0.2, -0.15) is 4.98 Å². The second-order valence-corrected chi connectivity index (χ2v) is 5.65. The Bertz CT molecular complexity index is 486. The lowest BCUT2D eigenvalue weighted by atomic mass is 10.4. The molecule has 18 heavy (non-hydrogen) atoms. The molecule has 6 nitrogen and oxygen atoms in total. The fourth-order valence-electron chi connectivity index (χ4n) is 1.88. The number of amides is 1. The highest BCUT2D eigenvalue weighted by Crippen LogP contribution is 2.27. The Hall–Kier alpha value is -1.63. The van der Waals surface area contributed by atoms with E-state index in [1.165, 1.54) is 23.6 Å². The van der Waals surface area contributed by atoms with Crippen LogP contribution in [0.4, 0.5) is 11.8 Å². The molecule has 1 aliphatic heterocycles. The molecule has 1 aromatic rings. The molecule has 96 valence electrons. The van der Waals surface area contributed by atoms with E-state index in [-0.39, 0.29) is 16.3 Å². The van der Waals surface area contributed by atoms with Crippen LogP contribution in [0.3, 0.4) is 0 Å². The molecule has 2 rings (SSSR count). The van der Waals surface area contributed by atoms with Gasteiger partial charge in [0.25, 0.3) is 0 Å². The molecule has 1 unspecified atom stereocenters.